The first-order valence-electron chi connectivity index (χ1n) is 4.66. The first-order valence-corrected chi connectivity index (χ1v) is 4.66. The Labute approximate surface area is 70.4 Å². The van der Waals surface area contributed by atoms with Crippen LogP contribution in [0, 0.1) is 16.7 Å². The van der Waals surface area contributed by atoms with Gasteiger partial charge in [0.1, 0.15) is 0 Å². The lowest BCUT2D eigenvalue weighted by Crippen LogP contribution is -2.19. The Kier molecular flexibility index (Phi) is 1.83. The average Bonchev–Trinajstić information content (AvgIpc) is 2.30. The summed E-state index contributed by atoms with van der Waals surface area (Å²) in [5.74, 6) is 0.720. The molecule has 1 aliphatic carbocycles. The molecular weight excluding hydrogens is 134 g/mol. The van der Waals surface area contributed by atoms with Crippen molar-refractivity contribution in [1.82, 2.24) is 0 Å². The molecule has 0 amide bonds. The van der Waals surface area contributed by atoms with E-state index in [0.29, 0.717) is 16.9 Å². The Hall–Kier alpha value is -0.0400. The summed E-state index contributed by atoms with van der Waals surface area (Å²) in [5, 5.41) is 0. The van der Waals surface area contributed by atoms with Gasteiger partial charge in [0.05, 0.1) is 0 Å². The molecule has 0 bridgehead atoms. The fourth-order valence-electron chi connectivity index (χ4n) is 3.12. The normalized spacial score (nSPS) is 41.2. The van der Waals surface area contributed by atoms with Crippen molar-refractivity contribution in [1.29, 1.82) is 0 Å². The third-order valence-electron chi connectivity index (χ3n) is 4.06. The van der Waals surface area contributed by atoms with E-state index in [2.05, 4.69) is 34.6 Å². The third-order valence-corrected chi connectivity index (χ3v) is 4.06. The summed E-state index contributed by atoms with van der Waals surface area (Å²) in [6, 6.07) is 0.417. The Bertz CT molecular complexity index is 160. The van der Waals surface area contributed by atoms with E-state index >= 15 is 0 Å². The maximum absolute atomic E-state index is 6.09. The van der Waals surface area contributed by atoms with Crippen molar-refractivity contribution in [3.05, 3.63) is 0 Å². The molecule has 2 unspecified atom stereocenters. The molecule has 1 saturated carbocycles. The fourth-order valence-corrected chi connectivity index (χ4v) is 3.12. The zero-order chi connectivity index (χ0) is 8.86. The highest BCUT2D eigenvalue weighted by Crippen LogP contribution is 2.67. The van der Waals surface area contributed by atoms with E-state index in [-0.39, 0.29) is 0 Å². The summed E-state index contributed by atoms with van der Waals surface area (Å²) in [5.41, 5.74) is 6.89. The molecule has 1 aliphatic rings. The number of rotatable bonds is 2. The Morgan fingerprint density at radius 3 is 1.73 bits per heavy atom. The molecule has 0 aliphatic heterocycles. The largest absolute Gasteiger partial charge is 0.327 e. The van der Waals surface area contributed by atoms with Crippen LogP contribution in [0.2, 0.25) is 0 Å². The molecule has 66 valence electrons. The fraction of sp³-hybridized carbons (Fsp3) is 1.00. The molecule has 1 nitrogen and oxygen atoms in total. The van der Waals surface area contributed by atoms with Crippen LogP contribution in [0.3, 0.4) is 0 Å². The summed E-state index contributed by atoms with van der Waals surface area (Å²) in [6.45, 7) is 11.4. The minimum Gasteiger partial charge on any atom is -0.327 e. The number of nitrogens with two attached hydrogens (primary N) is 1. The van der Waals surface area contributed by atoms with Crippen molar-refractivity contribution < 1.29 is 0 Å². The molecule has 1 fully saturated rings. The minimum absolute atomic E-state index is 0.371. The van der Waals surface area contributed by atoms with Crippen LogP contribution in [0.1, 0.15) is 41.0 Å². The molecule has 0 radical (unpaired) electrons. The lowest BCUT2D eigenvalue weighted by Gasteiger charge is -2.22. The van der Waals surface area contributed by atoms with Gasteiger partial charge in [0, 0.05) is 6.04 Å². The maximum Gasteiger partial charge on any atom is 0.0161 e. The van der Waals surface area contributed by atoms with Crippen LogP contribution < -0.4 is 5.73 Å². The Balaban J connectivity index is 2.84. The lowest BCUT2D eigenvalue weighted by atomic mass is 9.82. The van der Waals surface area contributed by atoms with Gasteiger partial charge in [0.25, 0.3) is 0 Å². The third kappa shape index (κ3) is 0.807. The van der Waals surface area contributed by atoms with Crippen molar-refractivity contribution in [2.45, 2.75) is 47.1 Å². The molecule has 1 rings (SSSR count). The smallest absolute Gasteiger partial charge is 0.0161 e. The molecule has 1 heteroatoms. The van der Waals surface area contributed by atoms with Gasteiger partial charge in [-0.25, -0.2) is 0 Å². The monoisotopic (exact) mass is 155 g/mol. The molecule has 0 spiro atoms. The number of hydrogen-bond donors (Lipinski definition) is 1. The van der Waals surface area contributed by atoms with Gasteiger partial charge in [-0.2, -0.15) is 0 Å². The van der Waals surface area contributed by atoms with Gasteiger partial charge < -0.3 is 5.73 Å². The predicted octanol–water partition coefficient (Wildman–Crippen LogP) is 2.41. The minimum atomic E-state index is 0.371. The van der Waals surface area contributed by atoms with Gasteiger partial charge in [-0.3, -0.25) is 0 Å². The highest BCUT2D eigenvalue weighted by molar-refractivity contribution is 5.21. The summed E-state index contributed by atoms with van der Waals surface area (Å²) >= 11 is 0. The van der Waals surface area contributed by atoms with Crippen molar-refractivity contribution in [3.8, 4) is 0 Å². The SMILES string of the molecule is CCC1(C(C)C)C(N)C1(C)C. The lowest BCUT2D eigenvalue weighted by molar-refractivity contribution is 0.267. The summed E-state index contributed by atoms with van der Waals surface area (Å²) in [7, 11) is 0. The van der Waals surface area contributed by atoms with E-state index in [1.165, 1.54) is 6.42 Å². The van der Waals surface area contributed by atoms with Crippen LogP contribution in [0.15, 0.2) is 0 Å². The molecule has 0 aromatic heterocycles. The van der Waals surface area contributed by atoms with E-state index < -0.39 is 0 Å². The average molecular weight is 155 g/mol. The Morgan fingerprint density at radius 2 is 1.73 bits per heavy atom. The second-order valence-corrected chi connectivity index (χ2v) is 4.75. The molecule has 0 heterocycles. The van der Waals surface area contributed by atoms with E-state index in [4.69, 9.17) is 5.73 Å². The van der Waals surface area contributed by atoms with Crippen molar-refractivity contribution >= 4 is 0 Å². The van der Waals surface area contributed by atoms with Crippen LogP contribution in [0.25, 0.3) is 0 Å². The molecule has 0 aromatic carbocycles. The highest BCUT2D eigenvalue weighted by Gasteiger charge is 2.68. The predicted molar refractivity (Wildman–Crippen MR) is 49.3 cm³/mol. The zero-order valence-corrected chi connectivity index (χ0v) is 8.44. The summed E-state index contributed by atoms with van der Waals surface area (Å²) in [4.78, 5) is 0. The number of hydrogen-bond acceptors (Lipinski definition) is 1. The van der Waals surface area contributed by atoms with Gasteiger partial charge in [0.2, 0.25) is 0 Å². The van der Waals surface area contributed by atoms with E-state index in [9.17, 15) is 0 Å². The first-order chi connectivity index (χ1) is 4.91. The van der Waals surface area contributed by atoms with Gasteiger partial charge in [0.15, 0.2) is 0 Å². The second kappa shape index (κ2) is 2.22. The van der Waals surface area contributed by atoms with Gasteiger partial charge >= 0.3 is 0 Å². The molecule has 0 saturated heterocycles. The zero-order valence-electron chi connectivity index (χ0n) is 8.44. The molecule has 2 atom stereocenters. The molecule has 0 aromatic rings. The molecule has 2 N–H and O–H groups in total. The van der Waals surface area contributed by atoms with Crippen molar-refractivity contribution in [2.75, 3.05) is 0 Å². The van der Waals surface area contributed by atoms with E-state index in [0.717, 1.165) is 5.92 Å². The summed E-state index contributed by atoms with van der Waals surface area (Å²) < 4.78 is 0. The molecule has 11 heavy (non-hydrogen) atoms. The Morgan fingerprint density at radius 1 is 1.36 bits per heavy atom. The first kappa shape index (κ1) is 9.05. The van der Waals surface area contributed by atoms with Crippen molar-refractivity contribution in [2.24, 2.45) is 22.5 Å². The molecular formula is C10H21N. The van der Waals surface area contributed by atoms with Gasteiger partial charge in [-0.1, -0.05) is 34.6 Å². The standard InChI is InChI=1S/C10H21N/c1-6-10(7(2)3)8(11)9(10,4)5/h7-8H,6,11H2,1-5H3. The summed E-state index contributed by atoms with van der Waals surface area (Å²) in [6.07, 6.45) is 1.22. The van der Waals surface area contributed by atoms with Crippen molar-refractivity contribution in [3.63, 3.8) is 0 Å². The van der Waals surface area contributed by atoms with Gasteiger partial charge in [-0.05, 0) is 23.2 Å². The van der Waals surface area contributed by atoms with E-state index in [1.54, 1.807) is 0 Å². The maximum atomic E-state index is 6.09. The highest BCUT2D eigenvalue weighted by atomic mass is 14.9. The quantitative estimate of drug-likeness (QED) is 0.651. The van der Waals surface area contributed by atoms with Crippen LogP contribution >= 0.6 is 0 Å². The topological polar surface area (TPSA) is 26.0 Å². The second-order valence-electron chi connectivity index (χ2n) is 4.75. The van der Waals surface area contributed by atoms with Crippen LogP contribution in [0.5, 0.6) is 0 Å². The van der Waals surface area contributed by atoms with Crippen LogP contribution in [-0.2, 0) is 0 Å². The van der Waals surface area contributed by atoms with E-state index in [1.807, 2.05) is 0 Å². The van der Waals surface area contributed by atoms with Crippen LogP contribution in [0.4, 0.5) is 0 Å². The van der Waals surface area contributed by atoms with Crippen LogP contribution in [-0.4, -0.2) is 6.04 Å². The van der Waals surface area contributed by atoms with Gasteiger partial charge in [-0.15, -0.1) is 0 Å².